The second kappa shape index (κ2) is 6.80. The summed E-state index contributed by atoms with van der Waals surface area (Å²) in [5.74, 6) is -0.371. The van der Waals surface area contributed by atoms with Gasteiger partial charge in [-0.3, -0.25) is 9.36 Å². The zero-order chi connectivity index (χ0) is 16.4. The Hall–Kier alpha value is -1.73. The molecule has 1 saturated heterocycles. The molecule has 0 unspecified atom stereocenters. The number of nitrogens with zero attached hydrogens (tertiary/aromatic N) is 3. The highest BCUT2D eigenvalue weighted by Gasteiger charge is 2.22. The first-order valence-electron chi connectivity index (χ1n) is 7.55. The number of hydrogen-bond donors (Lipinski definition) is 1. The molecule has 122 valence electrons. The molecule has 1 aliphatic heterocycles. The Kier molecular flexibility index (Phi) is 4.77. The van der Waals surface area contributed by atoms with E-state index >= 15 is 0 Å². The standard InChI is InChI=1S/C16H18BrFN4O/c17-13-6-2-1-4-11(13)9-22-15(23)14(18)8-20-16(22)21-7-3-5-12(19)10-21/h1-2,4,6,8,12H,3,5,7,9-10,19H2/t12-/m1/s1. The van der Waals surface area contributed by atoms with Gasteiger partial charge in [-0.2, -0.15) is 4.39 Å². The van der Waals surface area contributed by atoms with Crippen molar-refractivity contribution in [3.05, 3.63) is 56.7 Å². The lowest BCUT2D eigenvalue weighted by Crippen LogP contribution is -2.45. The summed E-state index contributed by atoms with van der Waals surface area (Å²) in [5, 5.41) is 0. The summed E-state index contributed by atoms with van der Waals surface area (Å²) in [4.78, 5) is 18.4. The van der Waals surface area contributed by atoms with Crippen LogP contribution >= 0.6 is 15.9 Å². The molecule has 1 aromatic carbocycles. The Morgan fingerprint density at radius 2 is 2.17 bits per heavy atom. The van der Waals surface area contributed by atoms with Crippen LogP contribution < -0.4 is 16.2 Å². The van der Waals surface area contributed by atoms with Crippen LogP contribution in [-0.2, 0) is 6.54 Å². The van der Waals surface area contributed by atoms with Crippen LogP contribution in [-0.4, -0.2) is 28.7 Å². The van der Waals surface area contributed by atoms with Crippen molar-refractivity contribution in [1.29, 1.82) is 0 Å². The Morgan fingerprint density at radius 1 is 1.39 bits per heavy atom. The van der Waals surface area contributed by atoms with Gasteiger partial charge in [0.25, 0.3) is 5.56 Å². The Balaban J connectivity index is 2.02. The molecule has 1 atom stereocenters. The van der Waals surface area contributed by atoms with Gasteiger partial charge in [-0.05, 0) is 24.5 Å². The lowest BCUT2D eigenvalue weighted by Gasteiger charge is -2.32. The fourth-order valence-electron chi connectivity index (χ4n) is 2.84. The third kappa shape index (κ3) is 3.45. The highest BCUT2D eigenvalue weighted by Crippen LogP contribution is 2.20. The molecule has 1 fully saturated rings. The van der Waals surface area contributed by atoms with Crippen molar-refractivity contribution in [2.24, 2.45) is 5.73 Å². The summed E-state index contributed by atoms with van der Waals surface area (Å²) < 4.78 is 16.0. The number of piperidine rings is 1. The maximum atomic E-state index is 13.8. The van der Waals surface area contributed by atoms with Crippen LogP contribution in [0.5, 0.6) is 0 Å². The Labute approximate surface area is 142 Å². The third-order valence-corrected chi connectivity index (χ3v) is 4.78. The van der Waals surface area contributed by atoms with E-state index in [0.29, 0.717) is 12.5 Å². The van der Waals surface area contributed by atoms with Crippen LogP contribution in [0.3, 0.4) is 0 Å². The molecule has 0 aliphatic carbocycles. The van der Waals surface area contributed by atoms with Gasteiger partial charge >= 0.3 is 0 Å². The maximum Gasteiger partial charge on any atom is 0.291 e. The topological polar surface area (TPSA) is 64.2 Å². The lowest BCUT2D eigenvalue weighted by molar-refractivity contribution is 0.484. The number of hydrogen-bond acceptors (Lipinski definition) is 4. The first-order chi connectivity index (χ1) is 11.1. The molecular weight excluding hydrogens is 363 g/mol. The van der Waals surface area contributed by atoms with Crippen molar-refractivity contribution < 1.29 is 4.39 Å². The summed E-state index contributed by atoms with van der Waals surface area (Å²) >= 11 is 3.46. The van der Waals surface area contributed by atoms with E-state index in [9.17, 15) is 9.18 Å². The van der Waals surface area contributed by atoms with Crippen LogP contribution in [0.15, 0.2) is 39.7 Å². The molecule has 2 aromatic rings. The van der Waals surface area contributed by atoms with Crippen LogP contribution in [0.4, 0.5) is 10.3 Å². The fourth-order valence-corrected chi connectivity index (χ4v) is 3.25. The fraction of sp³-hybridized carbons (Fsp3) is 0.375. The predicted octanol–water partition coefficient (Wildman–Crippen LogP) is 2.12. The van der Waals surface area contributed by atoms with Crippen molar-refractivity contribution >= 4 is 21.9 Å². The maximum absolute atomic E-state index is 13.8. The SMILES string of the molecule is N[C@@H]1CCCN(c2ncc(F)c(=O)n2Cc2ccccc2Br)C1. The zero-order valence-electron chi connectivity index (χ0n) is 12.6. The van der Waals surface area contributed by atoms with E-state index in [0.717, 1.165) is 35.6 Å². The largest absolute Gasteiger partial charge is 0.341 e. The monoisotopic (exact) mass is 380 g/mol. The summed E-state index contributed by atoms with van der Waals surface area (Å²) in [6, 6.07) is 7.61. The van der Waals surface area contributed by atoms with Gasteiger partial charge in [-0.15, -0.1) is 0 Å². The van der Waals surface area contributed by atoms with Gasteiger partial charge in [0.2, 0.25) is 11.8 Å². The number of nitrogens with two attached hydrogens (primary N) is 1. The van der Waals surface area contributed by atoms with Crippen LogP contribution in [0.2, 0.25) is 0 Å². The number of halogens is 2. The Bertz CT molecular complexity index is 764. The minimum atomic E-state index is -0.845. The van der Waals surface area contributed by atoms with Crippen molar-refractivity contribution in [3.8, 4) is 0 Å². The van der Waals surface area contributed by atoms with E-state index in [1.54, 1.807) is 0 Å². The minimum absolute atomic E-state index is 0.0441. The summed E-state index contributed by atoms with van der Waals surface area (Å²) in [7, 11) is 0. The van der Waals surface area contributed by atoms with Crippen molar-refractivity contribution in [2.75, 3.05) is 18.0 Å². The van der Waals surface area contributed by atoms with Gasteiger partial charge in [-0.25, -0.2) is 4.98 Å². The second-order valence-corrected chi connectivity index (χ2v) is 6.59. The first kappa shape index (κ1) is 16.1. The smallest absolute Gasteiger partial charge is 0.291 e. The highest BCUT2D eigenvalue weighted by molar-refractivity contribution is 9.10. The molecule has 2 heterocycles. The molecule has 1 aromatic heterocycles. The molecule has 2 N–H and O–H groups in total. The van der Waals surface area contributed by atoms with Gasteiger partial charge in [-0.1, -0.05) is 34.1 Å². The van der Waals surface area contributed by atoms with E-state index in [1.807, 2.05) is 29.2 Å². The predicted molar refractivity (Wildman–Crippen MR) is 91.1 cm³/mol. The van der Waals surface area contributed by atoms with Gasteiger partial charge < -0.3 is 10.6 Å². The van der Waals surface area contributed by atoms with Crippen molar-refractivity contribution in [2.45, 2.75) is 25.4 Å². The minimum Gasteiger partial charge on any atom is -0.341 e. The van der Waals surface area contributed by atoms with E-state index in [-0.39, 0.29) is 12.6 Å². The molecule has 1 aliphatic rings. The first-order valence-corrected chi connectivity index (χ1v) is 8.35. The molecule has 5 nitrogen and oxygen atoms in total. The molecule has 0 bridgehead atoms. The number of anilines is 1. The van der Waals surface area contributed by atoms with E-state index < -0.39 is 11.4 Å². The molecule has 3 rings (SSSR count). The van der Waals surface area contributed by atoms with Crippen molar-refractivity contribution in [3.63, 3.8) is 0 Å². The average Bonchev–Trinajstić information content (AvgIpc) is 2.54. The molecule has 0 saturated carbocycles. The average molecular weight is 381 g/mol. The van der Waals surface area contributed by atoms with Gasteiger partial charge in [0, 0.05) is 23.6 Å². The van der Waals surface area contributed by atoms with Crippen LogP contribution in [0, 0.1) is 5.82 Å². The lowest BCUT2D eigenvalue weighted by atomic mass is 10.1. The third-order valence-electron chi connectivity index (χ3n) is 4.01. The summed E-state index contributed by atoms with van der Waals surface area (Å²) in [6.07, 6.45) is 2.88. The van der Waals surface area contributed by atoms with E-state index in [4.69, 9.17) is 5.73 Å². The number of aromatic nitrogens is 2. The molecule has 0 radical (unpaired) electrons. The van der Waals surface area contributed by atoms with E-state index in [1.165, 1.54) is 4.57 Å². The highest BCUT2D eigenvalue weighted by atomic mass is 79.9. The van der Waals surface area contributed by atoms with E-state index in [2.05, 4.69) is 20.9 Å². The quantitative estimate of drug-likeness (QED) is 0.885. The van der Waals surface area contributed by atoms with Crippen LogP contribution in [0.1, 0.15) is 18.4 Å². The molecule has 7 heteroatoms. The molecule has 23 heavy (non-hydrogen) atoms. The number of benzene rings is 1. The summed E-state index contributed by atoms with van der Waals surface area (Å²) in [5.41, 5.74) is 6.25. The normalized spacial score (nSPS) is 18.2. The van der Waals surface area contributed by atoms with Gasteiger partial charge in [0.05, 0.1) is 12.7 Å². The second-order valence-electron chi connectivity index (χ2n) is 5.74. The Morgan fingerprint density at radius 3 is 2.91 bits per heavy atom. The summed E-state index contributed by atoms with van der Waals surface area (Å²) in [6.45, 7) is 1.64. The number of rotatable bonds is 3. The molecular formula is C16H18BrFN4O. The van der Waals surface area contributed by atoms with Gasteiger partial charge in [0.1, 0.15) is 0 Å². The molecule has 0 spiro atoms. The zero-order valence-corrected chi connectivity index (χ0v) is 14.2. The molecule has 0 amide bonds. The van der Waals surface area contributed by atoms with Crippen LogP contribution in [0.25, 0.3) is 0 Å². The van der Waals surface area contributed by atoms with Gasteiger partial charge in [0.15, 0.2) is 0 Å². The van der Waals surface area contributed by atoms with Crippen molar-refractivity contribution in [1.82, 2.24) is 9.55 Å².